The van der Waals surface area contributed by atoms with Gasteiger partial charge in [0.25, 0.3) is 0 Å². The molecule has 1 rings (SSSR count). The van der Waals surface area contributed by atoms with Gasteiger partial charge in [-0.15, -0.1) is 0 Å². The van der Waals surface area contributed by atoms with Crippen LogP contribution in [0.25, 0.3) is 0 Å². The van der Waals surface area contributed by atoms with Gasteiger partial charge in [-0.2, -0.15) is 0 Å². The molecule has 16 heavy (non-hydrogen) atoms. The lowest BCUT2D eigenvalue weighted by atomic mass is 10.2. The van der Waals surface area contributed by atoms with Gasteiger partial charge in [-0.05, 0) is 30.7 Å². The second kappa shape index (κ2) is 7.25. The van der Waals surface area contributed by atoms with E-state index in [4.69, 9.17) is 11.6 Å². The second-order valence-corrected chi connectivity index (χ2v) is 4.08. The minimum atomic E-state index is 0.0256. The molecule has 0 fully saturated rings. The Hall–Kier alpha value is -1.06. The van der Waals surface area contributed by atoms with Gasteiger partial charge in [0.2, 0.25) is 5.91 Å². The average Bonchev–Trinajstić information content (AvgIpc) is 2.25. The van der Waals surface area contributed by atoms with Gasteiger partial charge in [-0.1, -0.05) is 23.7 Å². The van der Waals surface area contributed by atoms with Crippen molar-refractivity contribution in [3.05, 3.63) is 34.9 Å². The zero-order valence-electron chi connectivity index (χ0n) is 9.42. The summed E-state index contributed by atoms with van der Waals surface area (Å²) in [5.41, 5.74) is 1.21. The molecule has 0 aliphatic rings. The molecule has 0 unspecified atom stereocenters. The van der Waals surface area contributed by atoms with E-state index in [1.165, 1.54) is 12.5 Å². The first-order chi connectivity index (χ1) is 7.68. The summed E-state index contributed by atoms with van der Waals surface area (Å²) in [6, 6.07) is 7.78. The van der Waals surface area contributed by atoms with Crippen molar-refractivity contribution in [3.8, 4) is 0 Å². The Kier molecular flexibility index (Phi) is 5.90. The van der Waals surface area contributed by atoms with Gasteiger partial charge in [-0.25, -0.2) is 0 Å². The van der Waals surface area contributed by atoms with Crippen LogP contribution in [0.15, 0.2) is 24.3 Å². The van der Waals surface area contributed by atoms with Gasteiger partial charge in [0.15, 0.2) is 0 Å². The largest absolute Gasteiger partial charge is 0.356 e. The van der Waals surface area contributed by atoms with E-state index in [0.717, 1.165) is 31.1 Å². The first-order valence-corrected chi connectivity index (χ1v) is 5.76. The molecule has 0 atom stereocenters. The van der Waals surface area contributed by atoms with E-state index in [9.17, 15) is 4.79 Å². The molecule has 0 bridgehead atoms. The minimum absolute atomic E-state index is 0.0256. The fourth-order valence-corrected chi connectivity index (χ4v) is 1.44. The van der Waals surface area contributed by atoms with E-state index in [0.29, 0.717) is 0 Å². The van der Waals surface area contributed by atoms with Gasteiger partial charge in [-0.3, -0.25) is 4.79 Å². The zero-order valence-corrected chi connectivity index (χ0v) is 10.2. The fraction of sp³-hybridized carbons (Fsp3) is 0.417. The summed E-state index contributed by atoms with van der Waals surface area (Å²) >= 11 is 5.78. The molecule has 1 amide bonds. The third-order valence-electron chi connectivity index (χ3n) is 2.15. The summed E-state index contributed by atoms with van der Waals surface area (Å²) in [4.78, 5) is 10.6. The standard InChI is InChI=1S/C12H17ClN2O/c1-10(16)15-8-2-7-14-9-11-3-5-12(13)6-4-11/h3-6,14H,2,7-9H2,1H3,(H,15,16). The molecule has 0 saturated carbocycles. The molecule has 1 aromatic rings. The molecule has 0 saturated heterocycles. The lowest BCUT2D eigenvalue weighted by Crippen LogP contribution is -2.24. The van der Waals surface area contributed by atoms with Crippen LogP contribution in [0.1, 0.15) is 18.9 Å². The third-order valence-corrected chi connectivity index (χ3v) is 2.40. The highest BCUT2D eigenvalue weighted by Gasteiger charge is 1.93. The third kappa shape index (κ3) is 5.73. The number of amides is 1. The van der Waals surface area contributed by atoms with Gasteiger partial charge in [0.05, 0.1) is 0 Å². The van der Waals surface area contributed by atoms with Crippen LogP contribution >= 0.6 is 11.6 Å². The van der Waals surface area contributed by atoms with Crippen LogP contribution in [-0.2, 0) is 11.3 Å². The van der Waals surface area contributed by atoms with E-state index in [1.807, 2.05) is 24.3 Å². The van der Waals surface area contributed by atoms with Crippen LogP contribution in [-0.4, -0.2) is 19.0 Å². The van der Waals surface area contributed by atoms with Crippen molar-refractivity contribution in [2.75, 3.05) is 13.1 Å². The van der Waals surface area contributed by atoms with Gasteiger partial charge in [0, 0.05) is 25.0 Å². The number of rotatable bonds is 6. The minimum Gasteiger partial charge on any atom is -0.356 e. The van der Waals surface area contributed by atoms with E-state index < -0.39 is 0 Å². The van der Waals surface area contributed by atoms with Crippen LogP contribution in [0.2, 0.25) is 5.02 Å². The summed E-state index contributed by atoms with van der Waals surface area (Å²) in [5, 5.41) is 6.81. The Morgan fingerprint density at radius 3 is 2.56 bits per heavy atom. The molecule has 0 heterocycles. The summed E-state index contributed by atoms with van der Waals surface area (Å²) in [6.45, 7) is 3.98. The Labute approximate surface area is 101 Å². The number of hydrogen-bond acceptors (Lipinski definition) is 2. The summed E-state index contributed by atoms with van der Waals surface area (Å²) in [7, 11) is 0. The van der Waals surface area contributed by atoms with E-state index >= 15 is 0 Å². The maximum atomic E-state index is 10.6. The van der Waals surface area contributed by atoms with Crippen LogP contribution < -0.4 is 10.6 Å². The number of hydrogen-bond donors (Lipinski definition) is 2. The number of halogens is 1. The predicted molar refractivity (Wildman–Crippen MR) is 66.5 cm³/mol. The molecule has 0 aromatic heterocycles. The first-order valence-electron chi connectivity index (χ1n) is 5.38. The van der Waals surface area contributed by atoms with Crippen molar-refractivity contribution >= 4 is 17.5 Å². The van der Waals surface area contributed by atoms with E-state index in [2.05, 4.69) is 10.6 Å². The highest BCUT2D eigenvalue weighted by atomic mass is 35.5. The topological polar surface area (TPSA) is 41.1 Å². The SMILES string of the molecule is CC(=O)NCCCNCc1ccc(Cl)cc1. The van der Waals surface area contributed by atoms with Crippen LogP contribution in [0.4, 0.5) is 0 Å². The molecule has 88 valence electrons. The molecule has 4 heteroatoms. The van der Waals surface area contributed by atoms with Crippen molar-refractivity contribution in [1.82, 2.24) is 10.6 Å². The Morgan fingerprint density at radius 1 is 1.25 bits per heavy atom. The second-order valence-electron chi connectivity index (χ2n) is 3.64. The van der Waals surface area contributed by atoms with Crippen molar-refractivity contribution in [2.45, 2.75) is 19.9 Å². The molecule has 2 N–H and O–H groups in total. The van der Waals surface area contributed by atoms with E-state index in [-0.39, 0.29) is 5.91 Å². The average molecular weight is 241 g/mol. The molecular weight excluding hydrogens is 224 g/mol. The lowest BCUT2D eigenvalue weighted by Gasteiger charge is -2.05. The lowest BCUT2D eigenvalue weighted by molar-refractivity contribution is -0.118. The quantitative estimate of drug-likeness (QED) is 0.747. The first kappa shape index (κ1) is 13.0. The Balaban J connectivity index is 2.07. The Morgan fingerprint density at radius 2 is 1.94 bits per heavy atom. The van der Waals surface area contributed by atoms with Crippen LogP contribution in [0, 0.1) is 0 Å². The van der Waals surface area contributed by atoms with Crippen molar-refractivity contribution in [1.29, 1.82) is 0 Å². The van der Waals surface area contributed by atoms with Gasteiger partial charge >= 0.3 is 0 Å². The van der Waals surface area contributed by atoms with Gasteiger partial charge in [0.1, 0.15) is 0 Å². The predicted octanol–water partition coefficient (Wildman–Crippen LogP) is 1.96. The van der Waals surface area contributed by atoms with Crippen LogP contribution in [0.3, 0.4) is 0 Å². The van der Waals surface area contributed by atoms with Crippen molar-refractivity contribution in [2.24, 2.45) is 0 Å². The molecule has 0 spiro atoms. The van der Waals surface area contributed by atoms with E-state index in [1.54, 1.807) is 0 Å². The summed E-state index contributed by atoms with van der Waals surface area (Å²) in [5.74, 6) is 0.0256. The molecule has 0 radical (unpaired) electrons. The van der Waals surface area contributed by atoms with Crippen molar-refractivity contribution in [3.63, 3.8) is 0 Å². The molecule has 0 aliphatic carbocycles. The maximum absolute atomic E-state index is 10.6. The number of nitrogens with one attached hydrogen (secondary N) is 2. The van der Waals surface area contributed by atoms with Crippen LogP contribution in [0.5, 0.6) is 0 Å². The number of carbonyl (C=O) groups is 1. The van der Waals surface area contributed by atoms with Crippen molar-refractivity contribution < 1.29 is 4.79 Å². The molecular formula is C12H17ClN2O. The monoisotopic (exact) mass is 240 g/mol. The summed E-state index contributed by atoms with van der Waals surface area (Å²) < 4.78 is 0. The fourth-order valence-electron chi connectivity index (χ4n) is 1.31. The summed E-state index contributed by atoms with van der Waals surface area (Å²) in [6.07, 6.45) is 0.938. The normalized spacial score (nSPS) is 10.1. The number of benzene rings is 1. The molecule has 3 nitrogen and oxygen atoms in total. The smallest absolute Gasteiger partial charge is 0.216 e. The zero-order chi connectivity index (χ0) is 11.8. The number of carbonyl (C=O) groups excluding carboxylic acids is 1. The highest BCUT2D eigenvalue weighted by Crippen LogP contribution is 2.08. The molecule has 1 aromatic carbocycles. The molecule has 0 aliphatic heterocycles. The Bertz CT molecular complexity index is 324. The highest BCUT2D eigenvalue weighted by molar-refractivity contribution is 6.30. The maximum Gasteiger partial charge on any atom is 0.216 e. The van der Waals surface area contributed by atoms with Gasteiger partial charge < -0.3 is 10.6 Å².